The lowest BCUT2D eigenvalue weighted by Gasteiger charge is -2.41. The highest BCUT2D eigenvalue weighted by molar-refractivity contribution is 6.03. The number of hydrogen-bond acceptors (Lipinski definition) is 4. The molecule has 162 valence electrons. The molecule has 2 unspecified atom stereocenters. The summed E-state index contributed by atoms with van der Waals surface area (Å²) in [6.07, 6.45) is 0.682. The Hall–Kier alpha value is -2.03. The summed E-state index contributed by atoms with van der Waals surface area (Å²) < 4.78 is 28.1. The number of aromatic amines is 1. The Labute approximate surface area is 170 Å². The summed E-state index contributed by atoms with van der Waals surface area (Å²) in [5.41, 5.74) is 0.333. The van der Waals surface area contributed by atoms with Gasteiger partial charge in [-0.05, 0) is 52.9 Å². The maximum Gasteiger partial charge on any atom is 0.271 e. The summed E-state index contributed by atoms with van der Waals surface area (Å²) in [5.74, 6) is -2.49. The molecule has 2 aliphatic rings. The third kappa shape index (κ3) is 5.12. The Morgan fingerprint density at radius 1 is 1.14 bits per heavy atom. The molecule has 1 aromatic heterocycles. The second kappa shape index (κ2) is 8.77. The summed E-state index contributed by atoms with van der Waals surface area (Å²) in [6.45, 7) is 8.28. The number of rotatable bonds is 4. The van der Waals surface area contributed by atoms with E-state index in [-0.39, 0.29) is 41.7 Å². The predicted molar refractivity (Wildman–Crippen MR) is 106 cm³/mol. The van der Waals surface area contributed by atoms with Crippen molar-refractivity contribution in [3.8, 4) is 0 Å². The molecule has 9 heteroatoms. The first kappa shape index (κ1) is 21.7. The van der Waals surface area contributed by atoms with Crippen molar-refractivity contribution in [3.63, 3.8) is 0 Å². The van der Waals surface area contributed by atoms with E-state index in [0.717, 1.165) is 25.9 Å². The Kier molecular flexibility index (Phi) is 6.55. The molecule has 2 amide bonds. The summed E-state index contributed by atoms with van der Waals surface area (Å²) in [5, 5.41) is 11.9. The van der Waals surface area contributed by atoms with Crippen LogP contribution in [0.1, 0.15) is 63.4 Å². The number of carbonyl (C=O) groups excluding carboxylic acids is 2. The number of anilines is 1. The van der Waals surface area contributed by atoms with Crippen molar-refractivity contribution in [2.45, 2.75) is 76.8 Å². The number of amides is 2. The second-order valence-electron chi connectivity index (χ2n) is 9.04. The Bertz CT molecular complexity index is 715. The van der Waals surface area contributed by atoms with E-state index in [2.05, 4.69) is 46.5 Å². The molecular weight excluding hydrogens is 380 g/mol. The Balaban J connectivity index is 1.58. The standard InChI is InChI=1S/C20H31F2N5O2/c1-20(2,3)27-9-7-12(8-10-27)24-19(29)17-15(11-23-26-17)25-18(28)16-13(21)5-4-6-14(16)22/h11-14,16H,4-10H2,1-3H3,(H,23,26)(H,24,29)(H,25,28). The van der Waals surface area contributed by atoms with E-state index in [1.54, 1.807) is 0 Å². The number of nitrogens with one attached hydrogen (secondary N) is 3. The van der Waals surface area contributed by atoms with E-state index in [0.29, 0.717) is 6.42 Å². The number of nitrogens with zero attached hydrogens (tertiary/aromatic N) is 2. The molecule has 0 bridgehead atoms. The topological polar surface area (TPSA) is 90.1 Å². The van der Waals surface area contributed by atoms with Crippen LogP contribution in [0.5, 0.6) is 0 Å². The van der Waals surface area contributed by atoms with E-state index >= 15 is 0 Å². The van der Waals surface area contributed by atoms with Gasteiger partial charge < -0.3 is 10.6 Å². The average molecular weight is 411 g/mol. The summed E-state index contributed by atoms with van der Waals surface area (Å²) in [7, 11) is 0. The molecule has 3 rings (SSSR count). The number of hydrogen-bond donors (Lipinski definition) is 3. The molecule has 0 aromatic carbocycles. The minimum absolute atomic E-state index is 0.0248. The molecule has 2 atom stereocenters. The van der Waals surface area contributed by atoms with E-state index in [4.69, 9.17) is 0 Å². The molecule has 1 saturated heterocycles. The lowest BCUT2D eigenvalue weighted by atomic mass is 9.85. The highest BCUT2D eigenvalue weighted by Gasteiger charge is 2.39. The molecule has 29 heavy (non-hydrogen) atoms. The molecule has 3 N–H and O–H groups in total. The van der Waals surface area contributed by atoms with Crippen molar-refractivity contribution in [1.82, 2.24) is 20.4 Å². The van der Waals surface area contributed by atoms with E-state index in [9.17, 15) is 18.4 Å². The highest BCUT2D eigenvalue weighted by Crippen LogP contribution is 2.31. The molecular formula is C20H31F2N5O2. The smallest absolute Gasteiger partial charge is 0.271 e. The first-order chi connectivity index (χ1) is 13.7. The number of piperidine rings is 1. The van der Waals surface area contributed by atoms with Crippen LogP contribution in [0.15, 0.2) is 6.20 Å². The van der Waals surface area contributed by atoms with Crippen LogP contribution in [-0.4, -0.2) is 63.9 Å². The number of likely N-dealkylation sites (tertiary alicyclic amines) is 1. The fourth-order valence-corrected chi connectivity index (χ4v) is 4.14. The van der Waals surface area contributed by atoms with Crippen LogP contribution < -0.4 is 10.6 Å². The first-order valence-electron chi connectivity index (χ1n) is 10.3. The molecule has 7 nitrogen and oxygen atoms in total. The lowest BCUT2D eigenvalue weighted by Crippen LogP contribution is -2.51. The molecule has 1 aliphatic carbocycles. The van der Waals surface area contributed by atoms with Crippen molar-refractivity contribution >= 4 is 17.5 Å². The maximum absolute atomic E-state index is 14.1. The van der Waals surface area contributed by atoms with Gasteiger partial charge in [-0.3, -0.25) is 19.6 Å². The number of carbonyl (C=O) groups is 2. The molecule has 2 fully saturated rings. The Morgan fingerprint density at radius 2 is 1.76 bits per heavy atom. The van der Waals surface area contributed by atoms with Crippen molar-refractivity contribution in [1.29, 1.82) is 0 Å². The molecule has 0 spiro atoms. The first-order valence-corrected chi connectivity index (χ1v) is 10.3. The van der Waals surface area contributed by atoms with E-state index < -0.39 is 24.2 Å². The van der Waals surface area contributed by atoms with Gasteiger partial charge in [0.1, 0.15) is 24.0 Å². The van der Waals surface area contributed by atoms with Crippen LogP contribution in [0.3, 0.4) is 0 Å². The Morgan fingerprint density at radius 3 is 2.34 bits per heavy atom. The zero-order valence-electron chi connectivity index (χ0n) is 17.3. The number of H-pyrrole nitrogens is 1. The van der Waals surface area contributed by atoms with E-state index in [1.807, 2.05) is 0 Å². The van der Waals surface area contributed by atoms with Gasteiger partial charge >= 0.3 is 0 Å². The van der Waals surface area contributed by atoms with Gasteiger partial charge in [0.05, 0.1) is 11.9 Å². The van der Waals surface area contributed by atoms with Crippen molar-refractivity contribution in [2.75, 3.05) is 18.4 Å². The van der Waals surface area contributed by atoms with Gasteiger partial charge in [0.25, 0.3) is 5.91 Å². The number of halogens is 2. The summed E-state index contributed by atoms with van der Waals surface area (Å²) in [6, 6.07) is 0.0248. The van der Waals surface area contributed by atoms with E-state index in [1.165, 1.54) is 6.20 Å². The summed E-state index contributed by atoms with van der Waals surface area (Å²) in [4.78, 5) is 27.5. The van der Waals surface area contributed by atoms with Crippen LogP contribution in [-0.2, 0) is 4.79 Å². The molecule has 2 heterocycles. The van der Waals surface area contributed by atoms with Gasteiger partial charge in [0, 0.05) is 24.7 Å². The SMILES string of the molecule is CC(C)(C)N1CCC(NC(=O)c2[nH]ncc2NC(=O)C2C(F)CCCC2F)CC1. The normalized spacial score (nSPS) is 26.9. The van der Waals surface area contributed by atoms with Crippen LogP contribution in [0.2, 0.25) is 0 Å². The zero-order chi connectivity index (χ0) is 21.2. The second-order valence-corrected chi connectivity index (χ2v) is 9.04. The lowest BCUT2D eigenvalue weighted by molar-refractivity contribution is -0.125. The molecule has 1 aliphatic heterocycles. The maximum atomic E-state index is 14.1. The van der Waals surface area contributed by atoms with Gasteiger partial charge in [0.15, 0.2) is 0 Å². The third-order valence-electron chi connectivity index (χ3n) is 5.95. The van der Waals surface area contributed by atoms with Crippen molar-refractivity contribution in [3.05, 3.63) is 11.9 Å². The molecule has 1 saturated carbocycles. The molecule has 1 aromatic rings. The van der Waals surface area contributed by atoms with Crippen LogP contribution in [0, 0.1) is 5.92 Å². The van der Waals surface area contributed by atoms with Crippen molar-refractivity contribution in [2.24, 2.45) is 5.92 Å². The van der Waals surface area contributed by atoms with Crippen LogP contribution in [0.25, 0.3) is 0 Å². The zero-order valence-corrected chi connectivity index (χ0v) is 17.3. The fraction of sp³-hybridized carbons (Fsp3) is 0.750. The van der Waals surface area contributed by atoms with Gasteiger partial charge in [0.2, 0.25) is 5.91 Å². The van der Waals surface area contributed by atoms with Gasteiger partial charge in [-0.1, -0.05) is 0 Å². The summed E-state index contributed by atoms with van der Waals surface area (Å²) >= 11 is 0. The minimum atomic E-state index is -1.52. The van der Waals surface area contributed by atoms with Crippen LogP contribution in [0.4, 0.5) is 14.5 Å². The fourth-order valence-electron chi connectivity index (χ4n) is 4.14. The average Bonchev–Trinajstić information content (AvgIpc) is 3.09. The van der Waals surface area contributed by atoms with Gasteiger partial charge in [-0.25, -0.2) is 8.78 Å². The molecule has 0 radical (unpaired) electrons. The van der Waals surface area contributed by atoms with Gasteiger partial charge in [-0.15, -0.1) is 0 Å². The quantitative estimate of drug-likeness (QED) is 0.711. The predicted octanol–water partition coefficient (Wildman–Crippen LogP) is 2.82. The number of aromatic nitrogens is 2. The monoisotopic (exact) mass is 411 g/mol. The van der Waals surface area contributed by atoms with Crippen molar-refractivity contribution < 1.29 is 18.4 Å². The highest BCUT2D eigenvalue weighted by atomic mass is 19.1. The van der Waals surface area contributed by atoms with Crippen LogP contribution >= 0.6 is 0 Å². The number of alkyl halides is 2. The minimum Gasteiger partial charge on any atom is -0.348 e. The largest absolute Gasteiger partial charge is 0.348 e. The third-order valence-corrected chi connectivity index (χ3v) is 5.95. The van der Waals surface area contributed by atoms with Gasteiger partial charge in [-0.2, -0.15) is 5.10 Å².